The zero-order chi connectivity index (χ0) is 14.7. The molecular weight excluding hydrogens is 290 g/mol. The highest BCUT2D eigenvalue weighted by atomic mass is 35.5. The summed E-state index contributed by atoms with van der Waals surface area (Å²) in [4.78, 5) is 0.911. The number of rotatable bonds is 3. The van der Waals surface area contributed by atoms with E-state index in [2.05, 4.69) is 6.07 Å². The van der Waals surface area contributed by atoms with Crippen molar-refractivity contribution in [2.45, 2.75) is 18.7 Å². The van der Waals surface area contributed by atoms with Crippen LogP contribution in [-0.4, -0.2) is 6.26 Å². The van der Waals surface area contributed by atoms with E-state index in [-0.39, 0.29) is 0 Å². The molecule has 0 spiro atoms. The summed E-state index contributed by atoms with van der Waals surface area (Å²) in [6.45, 7) is 3.89. The van der Waals surface area contributed by atoms with Crippen molar-refractivity contribution >= 4 is 23.4 Å². The summed E-state index contributed by atoms with van der Waals surface area (Å²) in [7, 11) is 0. The summed E-state index contributed by atoms with van der Waals surface area (Å²) >= 11 is 7.55. The largest absolute Gasteiger partial charge is 0.455 e. The molecule has 102 valence electrons. The van der Waals surface area contributed by atoms with Crippen molar-refractivity contribution in [1.29, 1.82) is 5.26 Å². The quantitative estimate of drug-likeness (QED) is 0.717. The van der Waals surface area contributed by atoms with Gasteiger partial charge in [-0.15, -0.1) is 11.8 Å². The third-order valence-electron chi connectivity index (χ3n) is 2.96. The highest BCUT2D eigenvalue weighted by Gasteiger charge is 2.12. The molecule has 2 rings (SSSR count). The number of ether oxygens (including phenoxy) is 1. The number of benzene rings is 2. The lowest BCUT2D eigenvalue weighted by Crippen LogP contribution is -1.94. The zero-order valence-corrected chi connectivity index (χ0v) is 13.1. The molecule has 0 radical (unpaired) electrons. The molecule has 0 N–H and O–H groups in total. The van der Waals surface area contributed by atoms with E-state index >= 15 is 0 Å². The maximum atomic E-state index is 9.33. The lowest BCUT2D eigenvalue weighted by Gasteiger charge is -2.14. The van der Waals surface area contributed by atoms with Crippen LogP contribution in [0, 0.1) is 25.2 Å². The van der Waals surface area contributed by atoms with Gasteiger partial charge in [0, 0.05) is 9.92 Å². The Bertz CT molecular complexity index is 668. The van der Waals surface area contributed by atoms with Crippen LogP contribution in [0.25, 0.3) is 0 Å². The molecule has 0 unspecified atom stereocenters. The maximum Gasteiger partial charge on any atom is 0.146 e. The Labute approximate surface area is 128 Å². The molecule has 0 fully saturated rings. The minimum absolute atomic E-state index is 0.564. The minimum atomic E-state index is 0.564. The summed E-state index contributed by atoms with van der Waals surface area (Å²) in [5, 5.41) is 10.0. The van der Waals surface area contributed by atoms with Crippen LogP contribution in [0.15, 0.2) is 35.2 Å². The first-order valence-corrected chi connectivity index (χ1v) is 7.68. The average molecular weight is 304 g/mol. The Balaban J connectivity index is 2.49. The second-order valence-electron chi connectivity index (χ2n) is 4.42. The van der Waals surface area contributed by atoms with Gasteiger partial charge in [-0.1, -0.05) is 17.7 Å². The van der Waals surface area contributed by atoms with Gasteiger partial charge >= 0.3 is 0 Å². The lowest BCUT2D eigenvalue weighted by atomic mass is 10.1. The number of nitriles is 1. The van der Waals surface area contributed by atoms with Crippen molar-refractivity contribution in [1.82, 2.24) is 0 Å². The van der Waals surface area contributed by atoms with Gasteiger partial charge in [0.25, 0.3) is 0 Å². The Morgan fingerprint density at radius 1 is 1.20 bits per heavy atom. The van der Waals surface area contributed by atoms with Gasteiger partial charge in [-0.3, -0.25) is 0 Å². The van der Waals surface area contributed by atoms with Crippen LogP contribution in [0.5, 0.6) is 11.5 Å². The highest BCUT2D eigenvalue weighted by Crippen LogP contribution is 2.35. The maximum absolute atomic E-state index is 9.33. The molecular formula is C16H14ClNOS. The van der Waals surface area contributed by atoms with E-state index in [0.29, 0.717) is 16.3 Å². The fourth-order valence-electron chi connectivity index (χ4n) is 2.04. The first-order valence-electron chi connectivity index (χ1n) is 6.08. The van der Waals surface area contributed by atoms with Crippen molar-refractivity contribution in [3.05, 3.63) is 52.0 Å². The van der Waals surface area contributed by atoms with E-state index in [4.69, 9.17) is 16.3 Å². The number of nitrogens with zero attached hydrogens (tertiary/aromatic N) is 1. The van der Waals surface area contributed by atoms with Gasteiger partial charge in [0.05, 0.1) is 0 Å². The molecule has 0 heterocycles. The molecule has 0 bridgehead atoms. The van der Waals surface area contributed by atoms with Gasteiger partial charge in [-0.05, 0) is 55.5 Å². The second kappa shape index (κ2) is 6.21. The van der Waals surface area contributed by atoms with E-state index in [1.807, 2.05) is 50.4 Å². The first kappa shape index (κ1) is 14.8. The Kier molecular flexibility index (Phi) is 4.59. The van der Waals surface area contributed by atoms with Gasteiger partial charge in [-0.25, -0.2) is 0 Å². The van der Waals surface area contributed by atoms with Crippen molar-refractivity contribution in [3.63, 3.8) is 0 Å². The predicted molar refractivity (Wildman–Crippen MR) is 83.9 cm³/mol. The molecule has 0 saturated carbocycles. The molecule has 0 saturated heterocycles. The van der Waals surface area contributed by atoms with Crippen LogP contribution >= 0.6 is 23.4 Å². The third-order valence-corrected chi connectivity index (χ3v) is 3.96. The number of thioether (sulfide) groups is 1. The molecule has 0 atom stereocenters. The molecule has 0 aliphatic carbocycles. The SMILES string of the molecule is CSc1cccc(Oc2c(C)cc(Cl)cc2C)c1C#N. The molecule has 2 nitrogen and oxygen atoms in total. The summed E-state index contributed by atoms with van der Waals surface area (Å²) in [6, 6.07) is 11.5. The van der Waals surface area contributed by atoms with E-state index in [1.165, 1.54) is 11.8 Å². The van der Waals surface area contributed by atoms with Crippen molar-refractivity contribution in [3.8, 4) is 17.6 Å². The summed E-state index contributed by atoms with van der Waals surface area (Å²) in [5.41, 5.74) is 2.47. The minimum Gasteiger partial charge on any atom is -0.455 e. The van der Waals surface area contributed by atoms with Gasteiger partial charge in [0.1, 0.15) is 23.1 Å². The molecule has 0 aliphatic heterocycles. The molecule has 2 aromatic rings. The fourth-order valence-corrected chi connectivity index (χ4v) is 2.94. The molecule has 2 aromatic carbocycles. The molecule has 4 heteroatoms. The number of halogens is 1. The van der Waals surface area contributed by atoms with Gasteiger partial charge in [0.15, 0.2) is 0 Å². The smallest absolute Gasteiger partial charge is 0.146 e. The molecule has 0 aliphatic rings. The van der Waals surface area contributed by atoms with E-state index in [0.717, 1.165) is 21.8 Å². The van der Waals surface area contributed by atoms with E-state index in [1.54, 1.807) is 0 Å². The third kappa shape index (κ3) is 2.92. The van der Waals surface area contributed by atoms with Gasteiger partial charge in [-0.2, -0.15) is 5.26 Å². The average Bonchev–Trinajstić information content (AvgIpc) is 2.42. The number of aryl methyl sites for hydroxylation is 2. The topological polar surface area (TPSA) is 33.0 Å². The lowest BCUT2D eigenvalue weighted by molar-refractivity contribution is 0.472. The predicted octanol–water partition coefficient (Wildman–Crippen LogP) is 5.34. The van der Waals surface area contributed by atoms with Crippen molar-refractivity contribution in [2.24, 2.45) is 0 Å². The van der Waals surface area contributed by atoms with Gasteiger partial charge in [0.2, 0.25) is 0 Å². The van der Waals surface area contributed by atoms with Crippen molar-refractivity contribution < 1.29 is 4.74 Å². The fraction of sp³-hybridized carbons (Fsp3) is 0.188. The standard InChI is InChI=1S/C16H14ClNOS/c1-10-7-12(17)8-11(2)16(10)19-14-5-4-6-15(20-3)13(14)9-18/h4-8H,1-3H3. The molecule has 0 amide bonds. The number of hydrogen-bond acceptors (Lipinski definition) is 3. The first-order chi connectivity index (χ1) is 9.56. The van der Waals surface area contributed by atoms with Crippen LogP contribution in [0.2, 0.25) is 5.02 Å². The summed E-state index contributed by atoms with van der Waals surface area (Å²) < 4.78 is 5.96. The molecule has 0 aromatic heterocycles. The van der Waals surface area contributed by atoms with Crippen LogP contribution in [-0.2, 0) is 0 Å². The second-order valence-corrected chi connectivity index (χ2v) is 5.70. The van der Waals surface area contributed by atoms with Crippen LogP contribution in [0.3, 0.4) is 0 Å². The summed E-state index contributed by atoms with van der Waals surface area (Å²) in [6.07, 6.45) is 1.94. The number of hydrogen-bond donors (Lipinski definition) is 0. The zero-order valence-electron chi connectivity index (χ0n) is 11.5. The van der Waals surface area contributed by atoms with E-state index in [9.17, 15) is 5.26 Å². The Morgan fingerprint density at radius 2 is 1.85 bits per heavy atom. The van der Waals surface area contributed by atoms with Crippen molar-refractivity contribution in [2.75, 3.05) is 6.26 Å². The summed E-state index contributed by atoms with van der Waals surface area (Å²) in [5.74, 6) is 1.33. The van der Waals surface area contributed by atoms with Crippen LogP contribution in [0.4, 0.5) is 0 Å². The monoisotopic (exact) mass is 303 g/mol. The highest BCUT2D eigenvalue weighted by molar-refractivity contribution is 7.98. The Morgan fingerprint density at radius 3 is 2.40 bits per heavy atom. The van der Waals surface area contributed by atoms with Crippen LogP contribution in [0.1, 0.15) is 16.7 Å². The normalized spacial score (nSPS) is 10.2. The van der Waals surface area contributed by atoms with E-state index < -0.39 is 0 Å². The van der Waals surface area contributed by atoms with Crippen LogP contribution < -0.4 is 4.74 Å². The Hall–Kier alpha value is -1.63. The molecule has 20 heavy (non-hydrogen) atoms. The van der Waals surface area contributed by atoms with Gasteiger partial charge < -0.3 is 4.74 Å².